The van der Waals surface area contributed by atoms with Crippen LogP contribution in [-0.2, 0) is 11.2 Å². The molecule has 1 N–H and O–H groups in total. The van der Waals surface area contributed by atoms with Gasteiger partial charge in [-0.25, -0.2) is 0 Å². The number of carboxylic acids is 1. The molecule has 1 saturated heterocycles. The van der Waals surface area contributed by atoms with Crippen LogP contribution in [0.25, 0.3) is 0 Å². The highest BCUT2D eigenvalue weighted by atomic mass is 16.5. The van der Waals surface area contributed by atoms with E-state index in [0.29, 0.717) is 12.6 Å². The summed E-state index contributed by atoms with van der Waals surface area (Å²) in [4.78, 5) is 13.6. The molecule has 3 rings (SSSR count). The van der Waals surface area contributed by atoms with E-state index in [2.05, 4.69) is 48.2 Å². The van der Waals surface area contributed by atoms with Crippen LogP contribution >= 0.6 is 0 Å². The van der Waals surface area contributed by atoms with Gasteiger partial charge in [0.25, 0.3) is 0 Å². The Hall–Kier alpha value is -2.33. The first-order valence-corrected chi connectivity index (χ1v) is 9.88. The van der Waals surface area contributed by atoms with Crippen LogP contribution in [0.2, 0.25) is 0 Å². The molecule has 4 nitrogen and oxygen atoms in total. The van der Waals surface area contributed by atoms with Gasteiger partial charge >= 0.3 is 5.97 Å². The summed E-state index contributed by atoms with van der Waals surface area (Å²) >= 11 is 0. The molecule has 0 aliphatic carbocycles. The van der Waals surface area contributed by atoms with E-state index in [-0.39, 0.29) is 5.92 Å². The van der Waals surface area contributed by atoms with Crippen LogP contribution < -0.4 is 4.74 Å². The molecule has 27 heavy (non-hydrogen) atoms. The van der Waals surface area contributed by atoms with Crippen molar-refractivity contribution >= 4 is 5.97 Å². The summed E-state index contributed by atoms with van der Waals surface area (Å²) in [5.74, 6) is 0.0458. The monoisotopic (exact) mass is 367 g/mol. The average molecular weight is 367 g/mol. The minimum atomic E-state index is -0.653. The molecule has 0 amide bonds. The van der Waals surface area contributed by atoms with E-state index in [1.807, 2.05) is 18.2 Å². The van der Waals surface area contributed by atoms with Gasteiger partial charge < -0.3 is 9.84 Å². The predicted molar refractivity (Wildman–Crippen MR) is 107 cm³/mol. The second-order valence-electron chi connectivity index (χ2n) is 7.31. The van der Waals surface area contributed by atoms with Crippen molar-refractivity contribution in [2.75, 3.05) is 19.7 Å². The van der Waals surface area contributed by atoms with Gasteiger partial charge in [0.2, 0.25) is 0 Å². The Bertz CT molecular complexity index is 714. The third kappa shape index (κ3) is 5.57. The van der Waals surface area contributed by atoms with Crippen molar-refractivity contribution in [3.63, 3.8) is 0 Å². The molecule has 2 aromatic carbocycles. The number of aliphatic carboxylic acids is 1. The largest absolute Gasteiger partial charge is 0.492 e. The van der Waals surface area contributed by atoms with Gasteiger partial charge in [-0.15, -0.1) is 0 Å². The van der Waals surface area contributed by atoms with Crippen LogP contribution in [0, 0.1) is 5.92 Å². The smallest absolute Gasteiger partial charge is 0.306 e. The second kappa shape index (κ2) is 9.56. The molecule has 2 aromatic rings. The standard InChI is InChI=1S/C23H29NO3/c1-2-21-17-20(23(25)26)12-13-24(21)14-15-27-22-10-8-19(9-11-22)16-18-6-4-3-5-7-18/h3-11,20-21H,2,12-17H2,1H3,(H,25,26). The summed E-state index contributed by atoms with van der Waals surface area (Å²) in [6.07, 6.45) is 3.40. The number of likely N-dealkylation sites (tertiary alicyclic amines) is 1. The minimum absolute atomic E-state index is 0.190. The van der Waals surface area contributed by atoms with E-state index < -0.39 is 5.97 Å². The van der Waals surface area contributed by atoms with Crippen molar-refractivity contribution in [1.29, 1.82) is 0 Å². The highest BCUT2D eigenvalue weighted by molar-refractivity contribution is 5.70. The Kier molecular flexibility index (Phi) is 6.88. The maximum absolute atomic E-state index is 11.2. The first-order valence-electron chi connectivity index (χ1n) is 9.88. The quantitative estimate of drug-likeness (QED) is 0.758. The molecule has 0 radical (unpaired) electrons. The Morgan fingerprint density at radius 1 is 1.11 bits per heavy atom. The van der Waals surface area contributed by atoms with Crippen LogP contribution in [0.1, 0.15) is 37.3 Å². The Balaban J connectivity index is 1.45. The van der Waals surface area contributed by atoms with E-state index in [1.165, 1.54) is 11.1 Å². The lowest BCUT2D eigenvalue weighted by molar-refractivity contribution is -0.144. The third-order valence-electron chi connectivity index (χ3n) is 5.48. The lowest BCUT2D eigenvalue weighted by atomic mass is 9.89. The van der Waals surface area contributed by atoms with E-state index in [9.17, 15) is 9.90 Å². The summed E-state index contributed by atoms with van der Waals surface area (Å²) < 4.78 is 5.92. The van der Waals surface area contributed by atoms with Gasteiger partial charge in [-0.1, -0.05) is 49.4 Å². The average Bonchev–Trinajstić information content (AvgIpc) is 2.70. The number of ether oxygens (including phenoxy) is 1. The topological polar surface area (TPSA) is 49.8 Å². The first-order chi connectivity index (χ1) is 13.2. The van der Waals surface area contributed by atoms with Gasteiger partial charge in [0.15, 0.2) is 0 Å². The molecule has 4 heteroatoms. The molecule has 2 atom stereocenters. The van der Waals surface area contributed by atoms with Gasteiger partial charge in [-0.3, -0.25) is 9.69 Å². The summed E-state index contributed by atoms with van der Waals surface area (Å²) in [7, 11) is 0. The highest BCUT2D eigenvalue weighted by Crippen LogP contribution is 2.25. The van der Waals surface area contributed by atoms with Crippen molar-refractivity contribution in [3.05, 3.63) is 65.7 Å². The van der Waals surface area contributed by atoms with Gasteiger partial charge in [-0.05, 0) is 55.5 Å². The molecule has 2 unspecified atom stereocenters. The van der Waals surface area contributed by atoms with Crippen molar-refractivity contribution in [2.24, 2.45) is 5.92 Å². The maximum Gasteiger partial charge on any atom is 0.306 e. The van der Waals surface area contributed by atoms with Gasteiger partial charge in [0.1, 0.15) is 12.4 Å². The SMILES string of the molecule is CCC1CC(C(=O)O)CCN1CCOc1ccc(Cc2ccccc2)cc1. The van der Waals surface area contributed by atoms with Crippen LogP contribution in [0.3, 0.4) is 0 Å². The van der Waals surface area contributed by atoms with E-state index >= 15 is 0 Å². The van der Waals surface area contributed by atoms with Crippen LogP contribution in [0.5, 0.6) is 5.75 Å². The molecule has 1 aliphatic heterocycles. The Morgan fingerprint density at radius 2 is 1.81 bits per heavy atom. The molecule has 1 heterocycles. The summed E-state index contributed by atoms with van der Waals surface area (Å²) in [5, 5.41) is 9.23. The number of rotatable bonds is 8. The molecule has 1 fully saturated rings. The summed E-state index contributed by atoms with van der Waals surface area (Å²) in [6.45, 7) is 4.45. The zero-order valence-electron chi connectivity index (χ0n) is 16.0. The Labute approximate surface area is 161 Å². The normalized spacial score (nSPS) is 20.3. The number of hydrogen-bond donors (Lipinski definition) is 1. The van der Waals surface area contributed by atoms with Crippen LogP contribution in [0.4, 0.5) is 0 Å². The molecule has 0 spiro atoms. The molecule has 0 bridgehead atoms. The molecule has 1 aliphatic rings. The van der Waals surface area contributed by atoms with Crippen molar-refractivity contribution in [3.8, 4) is 5.75 Å². The Morgan fingerprint density at radius 3 is 2.48 bits per heavy atom. The van der Waals surface area contributed by atoms with Crippen molar-refractivity contribution in [1.82, 2.24) is 4.90 Å². The van der Waals surface area contributed by atoms with E-state index in [0.717, 1.165) is 44.5 Å². The molecule has 144 valence electrons. The number of hydrogen-bond acceptors (Lipinski definition) is 3. The number of piperidine rings is 1. The molecule has 0 saturated carbocycles. The van der Waals surface area contributed by atoms with Gasteiger partial charge in [0.05, 0.1) is 5.92 Å². The molecular weight excluding hydrogens is 338 g/mol. The van der Waals surface area contributed by atoms with Gasteiger partial charge in [0, 0.05) is 12.6 Å². The lowest BCUT2D eigenvalue weighted by Gasteiger charge is -2.37. The van der Waals surface area contributed by atoms with Gasteiger partial charge in [-0.2, -0.15) is 0 Å². The lowest BCUT2D eigenvalue weighted by Crippen LogP contribution is -2.45. The predicted octanol–water partition coefficient (Wildman–Crippen LogP) is 4.23. The number of benzene rings is 2. The fourth-order valence-electron chi connectivity index (χ4n) is 3.86. The number of carbonyl (C=O) groups is 1. The fraction of sp³-hybridized carbons (Fsp3) is 0.435. The van der Waals surface area contributed by atoms with Crippen molar-refractivity contribution < 1.29 is 14.6 Å². The van der Waals surface area contributed by atoms with Crippen molar-refractivity contribution in [2.45, 2.75) is 38.6 Å². The maximum atomic E-state index is 11.2. The van der Waals surface area contributed by atoms with E-state index in [1.54, 1.807) is 0 Å². The first kappa shape index (κ1) is 19.4. The van der Waals surface area contributed by atoms with Crippen LogP contribution in [0.15, 0.2) is 54.6 Å². The number of nitrogens with zero attached hydrogens (tertiary/aromatic N) is 1. The zero-order chi connectivity index (χ0) is 19.1. The zero-order valence-corrected chi connectivity index (χ0v) is 16.0. The third-order valence-corrected chi connectivity index (χ3v) is 5.48. The summed E-state index contributed by atoms with van der Waals surface area (Å²) in [6, 6.07) is 19.1. The summed E-state index contributed by atoms with van der Waals surface area (Å²) in [5.41, 5.74) is 2.58. The molecular formula is C23H29NO3. The minimum Gasteiger partial charge on any atom is -0.492 e. The number of carboxylic acid groups (broad SMARTS) is 1. The fourth-order valence-corrected chi connectivity index (χ4v) is 3.86. The van der Waals surface area contributed by atoms with Crippen LogP contribution in [-0.4, -0.2) is 41.7 Å². The van der Waals surface area contributed by atoms with E-state index in [4.69, 9.17) is 4.74 Å². The highest BCUT2D eigenvalue weighted by Gasteiger charge is 2.30. The molecule has 0 aromatic heterocycles. The second-order valence-corrected chi connectivity index (χ2v) is 7.31.